The number of anilines is 3. The first-order valence-corrected chi connectivity index (χ1v) is 7.66. The SMILES string of the molecule is Cc1cc(Nc2nc(NCc3ccc(F)cc3)nc3[nH]ncc23)n[nH]1. The molecule has 1 aromatic carbocycles. The van der Waals surface area contributed by atoms with Gasteiger partial charge >= 0.3 is 0 Å². The third kappa shape index (κ3) is 3.25. The van der Waals surface area contributed by atoms with E-state index in [0.717, 1.165) is 16.6 Å². The Morgan fingerprint density at radius 3 is 2.72 bits per heavy atom. The molecule has 3 heterocycles. The second-order valence-electron chi connectivity index (χ2n) is 5.57. The van der Waals surface area contributed by atoms with E-state index in [1.807, 2.05) is 13.0 Å². The Balaban J connectivity index is 1.59. The summed E-state index contributed by atoms with van der Waals surface area (Å²) in [6.45, 7) is 2.39. The van der Waals surface area contributed by atoms with Gasteiger partial charge in [-0.2, -0.15) is 20.2 Å². The second kappa shape index (κ2) is 6.19. The summed E-state index contributed by atoms with van der Waals surface area (Å²) in [7, 11) is 0. The van der Waals surface area contributed by atoms with Gasteiger partial charge in [-0.05, 0) is 24.6 Å². The Kier molecular flexibility index (Phi) is 3.73. The molecule has 0 aliphatic carbocycles. The largest absolute Gasteiger partial charge is 0.350 e. The van der Waals surface area contributed by atoms with Gasteiger partial charge in [0.2, 0.25) is 5.95 Å². The van der Waals surface area contributed by atoms with Crippen LogP contribution in [0, 0.1) is 12.7 Å². The first kappa shape index (κ1) is 15.1. The number of hydrogen-bond acceptors (Lipinski definition) is 6. The molecule has 3 aromatic heterocycles. The third-order valence-corrected chi connectivity index (χ3v) is 3.63. The van der Waals surface area contributed by atoms with Gasteiger partial charge in [0.1, 0.15) is 11.6 Å². The van der Waals surface area contributed by atoms with Crippen LogP contribution in [0.25, 0.3) is 11.0 Å². The van der Waals surface area contributed by atoms with Crippen LogP contribution in [0.4, 0.5) is 22.0 Å². The fourth-order valence-corrected chi connectivity index (χ4v) is 2.40. The highest BCUT2D eigenvalue weighted by Gasteiger charge is 2.11. The number of rotatable bonds is 5. The molecular formula is C16H15FN8. The maximum absolute atomic E-state index is 13.0. The van der Waals surface area contributed by atoms with E-state index in [9.17, 15) is 4.39 Å². The normalized spacial score (nSPS) is 11.0. The Bertz CT molecular complexity index is 1000. The Hall–Kier alpha value is -3.49. The summed E-state index contributed by atoms with van der Waals surface area (Å²) >= 11 is 0. The third-order valence-electron chi connectivity index (χ3n) is 3.63. The Morgan fingerprint density at radius 1 is 1.12 bits per heavy atom. The van der Waals surface area contributed by atoms with E-state index in [4.69, 9.17) is 0 Å². The molecule has 0 aliphatic heterocycles. The van der Waals surface area contributed by atoms with Crippen molar-refractivity contribution in [3.05, 3.63) is 53.6 Å². The van der Waals surface area contributed by atoms with Crippen molar-refractivity contribution in [3.63, 3.8) is 0 Å². The molecule has 0 unspecified atom stereocenters. The average molecular weight is 338 g/mol. The van der Waals surface area contributed by atoms with Crippen LogP contribution >= 0.6 is 0 Å². The maximum Gasteiger partial charge on any atom is 0.226 e. The van der Waals surface area contributed by atoms with Crippen molar-refractivity contribution < 1.29 is 4.39 Å². The molecule has 25 heavy (non-hydrogen) atoms. The summed E-state index contributed by atoms with van der Waals surface area (Å²) < 4.78 is 13.0. The number of halogens is 1. The van der Waals surface area contributed by atoms with Gasteiger partial charge in [0.25, 0.3) is 0 Å². The monoisotopic (exact) mass is 338 g/mol. The molecule has 126 valence electrons. The highest BCUT2D eigenvalue weighted by molar-refractivity contribution is 5.88. The molecule has 0 saturated heterocycles. The molecule has 0 radical (unpaired) electrons. The number of H-pyrrole nitrogens is 2. The van der Waals surface area contributed by atoms with E-state index in [0.29, 0.717) is 29.8 Å². The summed E-state index contributed by atoms with van der Waals surface area (Å²) in [6.07, 6.45) is 1.65. The van der Waals surface area contributed by atoms with Crippen molar-refractivity contribution in [2.45, 2.75) is 13.5 Å². The van der Waals surface area contributed by atoms with Crippen LogP contribution in [0.1, 0.15) is 11.3 Å². The fourth-order valence-electron chi connectivity index (χ4n) is 2.40. The number of nitrogens with one attached hydrogen (secondary N) is 4. The van der Waals surface area contributed by atoms with Gasteiger partial charge in [-0.15, -0.1) is 0 Å². The van der Waals surface area contributed by atoms with Gasteiger partial charge in [0, 0.05) is 18.3 Å². The van der Waals surface area contributed by atoms with Crippen LogP contribution in [-0.4, -0.2) is 30.4 Å². The Labute approximate surface area is 141 Å². The number of fused-ring (bicyclic) bond motifs is 1. The summed E-state index contributed by atoms with van der Waals surface area (Å²) in [5.41, 5.74) is 2.47. The zero-order chi connectivity index (χ0) is 17.2. The van der Waals surface area contributed by atoms with Gasteiger partial charge in [-0.3, -0.25) is 10.2 Å². The standard InChI is InChI=1S/C16H15FN8/c1-9-6-13(24-23-9)20-14-12-8-19-25-15(12)22-16(21-14)18-7-10-2-4-11(17)5-3-10/h2-6,8H,7H2,1H3,(H4,18,19,20,21,22,23,24,25). The number of aryl methyl sites for hydroxylation is 1. The molecule has 0 aliphatic rings. The number of hydrogen-bond donors (Lipinski definition) is 4. The molecule has 8 nitrogen and oxygen atoms in total. The number of aromatic amines is 2. The van der Waals surface area contributed by atoms with Crippen LogP contribution in [0.5, 0.6) is 0 Å². The lowest BCUT2D eigenvalue weighted by atomic mass is 10.2. The van der Waals surface area contributed by atoms with Crippen molar-refractivity contribution >= 4 is 28.6 Å². The molecule has 0 fully saturated rings. The zero-order valence-corrected chi connectivity index (χ0v) is 13.3. The molecule has 0 spiro atoms. The predicted molar refractivity (Wildman–Crippen MR) is 92.0 cm³/mol. The second-order valence-corrected chi connectivity index (χ2v) is 5.57. The number of aromatic nitrogens is 6. The zero-order valence-electron chi connectivity index (χ0n) is 13.3. The van der Waals surface area contributed by atoms with Crippen molar-refractivity contribution in [2.24, 2.45) is 0 Å². The molecule has 0 atom stereocenters. The molecule has 0 bridgehead atoms. The Morgan fingerprint density at radius 2 is 1.96 bits per heavy atom. The highest BCUT2D eigenvalue weighted by atomic mass is 19.1. The lowest BCUT2D eigenvalue weighted by molar-refractivity contribution is 0.627. The number of nitrogens with zero attached hydrogens (tertiary/aromatic N) is 4. The van der Waals surface area contributed by atoms with Crippen LogP contribution in [0.2, 0.25) is 0 Å². The van der Waals surface area contributed by atoms with Gasteiger partial charge in [0.05, 0.1) is 11.6 Å². The summed E-state index contributed by atoms with van der Waals surface area (Å²) in [4.78, 5) is 8.88. The minimum atomic E-state index is -0.264. The van der Waals surface area contributed by atoms with Gasteiger partial charge in [-0.25, -0.2) is 4.39 Å². The molecule has 4 rings (SSSR count). The predicted octanol–water partition coefficient (Wildman–Crippen LogP) is 2.88. The molecule has 0 amide bonds. The van der Waals surface area contributed by atoms with Crippen molar-refractivity contribution in [1.82, 2.24) is 30.4 Å². The van der Waals surface area contributed by atoms with Crippen molar-refractivity contribution in [2.75, 3.05) is 10.6 Å². The molecule has 4 aromatic rings. The summed E-state index contributed by atoms with van der Waals surface area (Å²) in [5.74, 6) is 1.41. The van der Waals surface area contributed by atoms with E-state index < -0.39 is 0 Å². The fraction of sp³-hybridized carbons (Fsp3) is 0.125. The van der Waals surface area contributed by atoms with E-state index in [-0.39, 0.29) is 5.82 Å². The van der Waals surface area contributed by atoms with Gasteiger partial charge in [-0.1, -0.05) is 12.1 Å². The van der Waals surface area contributed by atoms with E-state index >= 15 is 0 Å². The minimum absolute atomic E-state index is 0.264. The van der Waals surface area contributed by atoms with Crippen LogP contribution in [0.3, 0.4) is 0 Å². The lowest BCUT2D eigenvalue weighted by Gasteiger charge is -2.08. The van der Waals surface area contributed by atoms with E-state index in [1.165, 1.54) is 12.1 Å². The van der Waals surface area contributed by atoms with Gasteiger partial charge < -0.3 is 10.6 Å². The van der Waals surface area contributed by atoms with Crippen LogP contribution in [0.15, 0.2) is 36.5 Å². The average Bonchev–Trinajstić information content (AvgIpc) is 3.23. The summed E-state index contributed by atoms with van der Waals surface area (Å²) in [5, 5.41) is 20.9. The molecule has 4 N–H and O–H groups in total. The molecule has 0 saturated carbocycles. The van der Waals surface area contributed by atoms with Crippen molar-refractivity contribution in [3.8, 4) is 0 Å². The highest BCUT2D eigenvalue weighted by Crippen LogP contribution is 2.23. The van der Waals surface area contributed by atoms with Crippen LogP contribution in [-0.2, 0) is 6.54 Å². The first-order valence-electron chi connectivity index (χ1n) is 7.66. The minimum Gasteiger partial charge on any atom is -0.350 e. The molecule has 9 heteroatoms. The van der Waals surface area contributed by atoms with Gasteiger partial charge in [0.15, 0.2) is 11.5 Å². The topological polar surface area (TPSA) is 107 Å². The van der Waals surface area contributed by atoms with Crippen LogP contribution < -0.4 is 10.6 Å². The summed E-state index contributed by atoms with van der Waals surface area (Å²) in [6, 6.07) is 8.14. The smallest absolute Gasteiger partial charge is 0.226 e. The van der Waals surface area contributed by atoms with E-state index in [2.05, 4.69) is 41.0 Å². The quantitative estimate of drug-likeness (QED) is 0.446. The lowest BCUT2D eigenvalue weighted by Crippen LogP contribution is -2.06. The number of benzene rings is 1. The maximum atomic E-state index is 13.0. The van der Waals surface area contributed by atoms with E-state index in [1.54, 1.807) is 18.3 Å². The first-order chi connectivity index (χ1) is 12.2. The molecular weight excluding hydrogens is 323 g/mol. The van der Waals surface area contributed by atoms with Crippen molar-refractivity contribution in [1.29, 1.82) is 0 Å².